The zero-order valence-electron chi connectivity index (χ0n) is 15.0. The van der Waals surface area contributed by atoms with Crippen LogP contribution in [-0.4, -0.2) is 19.8 Å². The zero-order chi connectivity index (χ0) is 17.2. The minimum Gasteiger partial charge on any atom is -0.494 e. The molecule has 0 aromatic heterocycles. The molecule has 0 radical (unpaired) electrons. The van der Waals surface area contributed by atoms with Crippen LogP contribution in [0.5, 0.6) is 17.2 Å². The molecule has 0 amide bonds. The molecule has 3 heteroatoms. The van der Waals surface area contributed by atoms with Crippen LogP contribution in [0.1, 0.15) is 45.1 Å². The van der Waals surface area contributed by atoms with Crippen LogP contribution in [-0.2, 0) is 0 Å². The molecular weight excluding hydrogens is 300 g/mol. The van der Waals surface area contributed by atoms with Gasteiger partial charge in [0.25, 0.3) is 0 Å². The summed E-state index contributed by atoms with van der Waals surface area (Å²) in [5.41, 5.74) is 1.36. The van der Waals surface area contributed by atoms with E-state index in [9.17, 15) is 0 Å². The van der Waals surface area contributed by atoms with Crippen molar-refractivity contribution >= 4 is 0 Å². The van der Waals surface area contributed by atoms with E-state index >= 15 is 0 Å². The van der Waals surface area contributed by atoms with Crippen molar-refractivity contribution in [2.45, 2.75) is 39.5 Å². The molecule has 0 saturated carbocycles. The van der Waals surface area contributed by atoms with Crippen molar-refractivity contribution in [2.75, 3.05) is 19.8 Å². The first-order valence-electron chi connectivity index (χ1n) is 8.81. The molecule has 0 aliphatic carbocycles. The number of hydrogen-bond acceptors (Lipinski definition) is 3. The van der Waals surface area contributed by atoms with Gasteiger partial charge in [-0.3, -0.25) is 0 Å². The maximum atomic E-state index is 5.77. The van der Waals surface area contributed by atoms with Gasteiger partial charge in [-0.15, -0.1) is 0 Å². The summed E-state index contributed by atoms with van der Waals surface area (Å²) >= 11 is 0. The van der Waals surface area contributed by atoms with Crippen LogP contribution in [0.25, 0.3) is 0 Å². The Morgan fingerprint density at radius 3 is 2.04 bits per heavy atom. The molecule has 24 heavy (non-hydrogen) atoms. The van der Waals surface area contributed by atoms with Crippen LogP contribution in [0.4, 0.5) is 0 Å². The molecule has 0 heterocycles. The van der Waals surface area contributed by atoms with Crippen molar-refractivity contribution in [3.05, 3.63) is 54.1 Å². The lowest BCUT2D eigenvalue weighted by atomic mass is 9.99. The second-order valence-electron chi connectivity index (χ2n) is 5.84. The van der Waals surface area contributed by atoms with Gasteiger partial charge in [0, 0.05) is 12.5 Å². The summed E-state index contributed by atoms with van der Waals surface area (Å²) in [6, 6.07) is 16.1. The van der Waals surface area contributed by atoms with Crippen LogP contribution in [0, 0.1) is 0 Å². The summed E-state index contributed by atoms with van der Waals surface area (Å²) in [6.07, 6.45) is 1.99. The van der Waals surface area contributed by atoms with E-state index in [1.165, 1.54) is 5.56 Å². The van der Waals surface area contributed by atoms with Gasteiger partial charge in [-0.05, 0) is 49.1 Å². The Morgan fingerprint density at radius 2 is 1.42 bits per heavy atom. The van der Waals surface area contributed by atoms with E-state index in [-0.39, 0.29) is 0 Å². The monoisotopic (exact) mass is 328 g/mol. The Balaban J connectivity index is 1.68. The lowest BCUT2D eigenvalue weighted by Gasteiger charge is -2.11. The molecule has 2 aromatic carbocycles. The summed E-state index contributed by atoms with van der Waals surface area (Å²) < 4.78 is 17.0. The third-order valence-electron chi connectivity index (χ3n) is 4.00. The van der Waals surface area contributed by atoms with Crippen LogP contribution >= 0.6 is 0 Å². The highest BCUT2D eigenvalue weighted by molar-refractivity contribution is 5.33. The molecule has 0 spiro atoms. The fourth-order valence-corrected chi connectivity index (χ4v) is 2.39. The topological polar surface area (TPSA) is 27.7 Å². The second kappa shape index (κ2) is 9.86. The molecule has 0 aliphatic heterocycles. The lowest BCUT2D eigenvalue weighted by molar-refractivity contribution is 0.246. The van der Waals surface area contributed by atoms with E-state index < -0.39 is 0 Å². The molecule has 0 aliphatic rings. The molecule has 0 fully saturated rings. The smallest absolute Gasteiger partial charge is 0.122 e. The highest BCUT2D eigenvalue weighted by atomic mass is 16.5. The average molecular weight is 328 g/mol. The van der Waals surface area contributed by atoms with E-state index in [2.05, 4.69) is 26.0 Å². The summed E-state index contributed by atoms with van der Waals surface area (Å²) in [7, 11) is 0. The Labute approximate surface area is 145 Å². The van der Waals surface area contributed by atoms with Gasteiger partial charge in [0.05, 0.1) is 19.8 Å². The molecule has 3 nitrogen and oxygen atoms in total. The number of ether oxygens (including phenoxy) is 3. The SMILES string of the molecule is CCOc1cccc(OCCCOc2ccc(C(C)CC)cc2)c1. The fraction of sp³-hybridized carbons (Fsp3) is 0.429. The molecule has 130 valence electrons. The first kappa shape index (κ1) is 18.2. The Hall–Kier alpha value is -2.16. The van der Waals surface area contributed by atoms with Gasteiger partial charge < -0.3 is 14.2 Å². The van der Waals surface area contributed by atoms with Crippen molar-refractivity contribution in [1.82, 2.24) is 0 Å². The van der Waals surface area contributed by atoms with Crippen LogP contribution in [0.15, 0.2) is 48.5 Å². The van der Waals surface area contributed by atoms with Gasteiger partial charge in [-0.1, -0.05) is 32.0 Å². The van der Waals surface area contributed by atoms with Crippen molar-refractivity contribution in [2.24, 2.45) is 0 Å². The predicted molar refractivity (Wildman–Crippen MR) is 98.4 cm³/mol. The van der Waals surface area contributed by atoms with E-state index in [4.69, 9.17) is 14.2 Å². The van der Waals surface area contributed by atoms with Crippen LogP contribution in [0.3, 0.4) is 0 Å². The minimum absolute atomic E-state index is 0.597. The van der Waals surface area contributed by atoms with E-state index in [1.54, 1.807) is 0 Å². The molecule has 0 bridgehead atoms. The quantitative estimate of drug-likeness (QED) is 0.543. The molecule has 1 unspecified atom stereocenters. The Morgan fingerprint density at radius 1 is 0.792 bits per heavy atom. The lowest BCUT2D eigenvalue weighted by Crippen LogP contribution is -2.05. The molecule has 1 atom stereocenters. The van der Waals surface area contributed by atoms with Gasteiger partial charge in [0.15, 0.2) is 0 Å². The van der Waals surface area contributed by atoms with E-state index in [1.807, 2.05) is 43.3 Å². The fourth-order valence-electron chi connectivity index (χ4n) is 2.39. The molecule has 0 saturated heterocycles. The van der Waals surface area contributed by atoms with Crippen LogP contribution < -0.4 is 14.2 Å². The van der Waals surface area contributed by atoms with Crippen molar-refractivity contribution < 1.29 is 14.2 Å². The largest absolute Gasteiger partial charge is 0.494 e. The number of rotatable bonds is 10. The normalized spacial score (nSPS) is 11.8. The maximum absolute atomic E-state index is 5.77. The number of benzene rings is 2. The number of hydrogen-bond donors (Lipinski definition) is 0. The van der Waals surface area contributed by atoms with Crippen molar-refractivity contribution in [1.29, 1.82) is 0 Å². The summed E-state index contributed by atoms with van der Waals surface area (Å²) in [6.45, 7) is 8.36. The minimum atomic E-state index is 0.597. The summed E-state index contributed by atoms with van der Waals surface area (Å²) in [5, 5.41) is 0. The van der Waals surface area contributed by atoms with Crippen LogP contribution in [0.2, 0.25) is 0 Å². The van der Waals surface area contributed by atoms with Gasteiger partial charge in [-0.2, -0.15) is 0 Å². The van der Waals surface area contributed by atoms with E-state index in [0.717, 1.165) is 30.1 Å². The third kappa shape index (κ3) is 5.80. The Bertz CT molecular complexity index is 592. The van der Waals surface area contributed by atoms with Crippen molar-refractivity contribution in [3.8, 4) is 17.2 Å². The average Bonchev–Trinajstić information content (AvgIpc) is 2.62. The summed E-state index contributed by atoms with van der Waals surface area (Å²) in [4.78, 5) is 0. The van der Waals surface area contributed by atoms with Gasteiger partial charge in [0.1, 0.15) is 17.2 Å². The maximum Gasteiger partial charge on any atom is 0.122 e. The highest BCUT2D eigenvalue weighted by Crippen LogP contribution is 2.22. The molecule has 0 N–H and O–H groups in total. The van der Waals surface area contributed by atoms with Gasteiger partial charge in [0.2, 0.25) is 0 Å². The first-order valence-corrected chi connectivity index (χ1v) is 8.81. The van der Waals surface area contributed by atoms with Gasteiger partial charge in [-0.25, -0.2) is 0 Å². The molecule has 2 aromatic rings. The van der Waals surface area contributed by atoms with Gasteiger partial charge >= 0.3 is 0 Å². The highest BCUT2D eigenvalue weighted by Gasteiger charge is 2.03. The third-order valence-corrected chi connectivity index (χ3v) is 4.00. The molecule has 2 rings (SSSR count). The standard InChI is InChI=1S/C21H28O3/c1-4-17(3)18-10-12-19(13-11-18)23-14-7-15-24-21-9-6-8-20(16-21)22-5-2/h6,8-13,16-17H,4-5,7,14-15H2,1-3H3. The molecular formula is C21H28O3. The predicted octanol–water partition coefficient (Wildman–Crippen LogP) is 5.45. The second-order valence-corrected chi connectivity index (χ2v) is 5.84. The van der Waals surface area contributed by atoms with Crippen molar-refractivity contribution in [3.63, 3.8) is 0 Å². The Kier molecular flexibility index (Phi) is 7.47. The zero-order valence-corrected chi connectivity index (χ0v) is 15.0. The first-order chi connectivity index (χ1) is 11.7. The summed E-state index contributed by atoms with van der Waals surface area (Å²) in [5.74, 6) is 3.19. The van der Waals surface area contributed by atoms with E-state index in [0.29, 0.717) is 25.7 Å².